The summed E-state index contributed by atoms with van der Waals surface area (Å²) in [6, 6.07) is 5.16. The molecule has 0 saturated carbocycles. The van der Waals surface area contributed by atoms with E-state index in [9.17, 15) is 4.79 Å². The van der Waals surface area contributed by atoms with Crippen molar-refractivity contribution in [2.75, 3.05) is 11.1 Å². The summed E-state index contributed by atoms with van der Waals surface area (Å²) < 4.78 is 0. The lowest BCUT2D eigenvalue weighted by Gasteiger charge is -2.01. The number of nitrogens with zero attached hydrogens (tertiary/aromatic N) is 2. The zero-order valence-corrected chi connectivity index (χ0v) is 9.99. The van der Waals surface area contributed by atoms with Crippen LogP contribution in [0.15, 0.2) is 29.8 Å². The van der Waals surface area contributed by atoms with E-state index in [-0.39, 0.29) is 5.91 Å². The van der Waals surface area contributed by atoms with Crippen LogP contribution in [0.2, 0.25) is 0 Å². The van der Waals surface area contributed by atoms with E-state index in [0.29, 0.717) is 16.6 Å². The van der Waals surface area contributed by atoms with Gasteiger partial charge in [-0.1, -0.05) is 0 Å². The summed E-state index contributed by atoms with van der Waals surface area (Å²) in [5.74, 6) is 0.127. The third-order valence-corrected chi connectivity index (χ3v) is 3.10. The summed E-state index contributed by atoms with van der Waals surface area (Å²) in [6.07, 6.45) is 1.64. The SMILES string of the molecule is Nc1nc2ccc(C(=O)Nc3nccs3)cc2[nH]1. The van der Waals surface area contributed by atoms with Gasteiger partial charge >= 0.3 is 0 Å². The minimum atomic E-state index is -0.208. The molecule has 7 heteroatoms. The van der Waals surface area contributed by atoms with E-state index >= 15 is 0 Å². The number of imidazole rings is 1. The van der Waals surface area contributed by atoms with E-state index < -0.39 is 0 Å². The van der Waals surface area contributed by atoms with Crippen LogP contribution in [-0.4, -0.2) is 20.9 Å². The largest absolute Gasteiger partial charge is 0.369 e. The molecule has 18 heavy (non-hydrogen) atoms. The fraction of sp³-hybridized carbons (Fsp3) is 0. The molecule has 0 fully saturated rings. The summed E-state index contributed by atoms with van der Waals surface area (Å²) >= 11 is 1.37. The number of carbonyl (C=O) groups excluding carboxylic acids is 1. The highest BCUT2D eigenvalue weighted by atomic mass is 32.1. The van der Waals surface area contributed by atoms with Crippen molar-refractivity contribution in [3.8, 4) is 0 Å². The van der Waals surface area contributed by atoms with Gasteiger partial charge in [0.05, 0.1) is 11.0 Å². The molecule has 0 aliphatic carbocycles. The van der Waals surface area contributed by atoms with Crippen LogP contribution in [0, 0.1) is 0 Å². The summed E-state index contributed by atoms with van der Waals surface area (Å²) in [6.45, 7) is 0. The standard InChI is InChI=1S/C11H9N5OS/c12-10-14-7-2-1-6(5-8(7)15-10)9(17)16-11-13-3-4-18-11/h1-5H,(H3,12,14,15)(H,13,16,17). The molecule has 3 aromatic rings. The van der Waals surface area contributed by atoms with E-state index in [1.165, 1.54) is 11.3 Å². The molecular weight excluding hydrogens is 250 g/mol. The van der Waals surface area contributed by atoms with Crippen molar-refractivity contribution in [1.29, 1.82) is 0 Å². The van der Waals surface area contributed by atoms with Gasteiger partial charge in [0.2, 0.25) is 0 Å². The van der Waals surface area contributed by atoms with Gasteiger partial charge in [-0.3, -0.25) is 10.1 Å². The first kappa shape index (κ1) is 10.7. The minimum absolute atomic E-state index is 0.208. The molecular formula is C11H9N5OS. The second-order valence-corrected chi connectivity index (χ2v) is 4.54. The number of hydrogen-bond acceptors (Lipinski definition) is 5. The van der Waals surface area contributed by atoms with Crippen LogP contribution in [0.4, 0.5) is 11.1 Å². The smallest absolute Gasteiger partial charge is 0.257 e. The number of rotatable bonds is 2. The van der Waals surface area contributed by atoms with Crippen molar-refractivity contribution in [2.45, 2.75) is 0 Å². The van der Waals surface area contributed by atoms with Gasteiger partial charge < -0.3 is 10.7 Å². The van der Waals surface area contributed by atoms with E-state index in [0.717, 1.165) is 11.0 Å². The molecule has 2 heterocycles. The van der Waals surface area contributed by atoms with Crippen LogP contribution in [0.25, 0.3) is 11.0 Å². The fourth-order valence-corrected chi connectivity index (χ4v) is 2.15. The lowest BCUT2D eigenvalue weighted by molar-refractivity contribution is 0.102. The quantitative estimate of drug-likeness (QED) is 0.654. The summed E-state index contributed by atoms with van der Waals surface area (Å²) in [5.41, 5.74) is 7.55. The van der Waals surface area contributed by atoms with E-state index in [1.54, 1.807) is 29.8 Å². The van der Waals surface area contributed by atoms with Gasteiger partial charge in [0.25, 0.3) is 5.91 Å². The number of nitrogen functional groups attached to an aromatic ring is 1. The predicted octanol–water partition coefficient (Wildman–Crippen LogP) is 1.85. The summed E-state index contributed by atoms with van der Waals surface area (Å²) in [5, 5.41) is 5.09. The van der Waals surface area contributed by atoms with Crippen molar-refractivity contribution >= 4 is 39.4 Å². The van der Waals surface area contributed by atoms with Crippen LogP contribution in [0.5, 0.6) is 0 Å². The lowest BCUT2D eigenvalue weighted by Crippen LogP contribution is -2.11. The fourth-order valence-electron chi connectivity index (χ4n) is 1.63. The van der Waals surface area contributed by atoms with Crippen LogP contribution >= 0.6 is 11.3 Å². The maximum absolute atomic E-state index is 12.0. The Labute approximate surface area is 106 Å². The highest BCUT2D eigenvalue weighted by Crippen LogP contribution is 2.17. The third-order valence-electron chi connectivity index (χ3n) is 2.42. The molecule has 0 radical (unpaired) electrons. The molecule has 0 aliphatic rings. The summed E-state index contributed by atoms with van der Waals surface area (Å²) in [4.78, 5) is 22.9. The Bertz CT molecular complexity index is 703. The topological polar surface area (TPSA) is 96.7 Å². The molecule has 0 atom stereocenters. The molecule has 1 amide bonds. The van der Waals surface area contributed by atoms with Crippen LogP contribution in [0.1, 0.15) is 10.4 Å². The Morgan fingerprint density at radius 1 is 1.44 bits per heavy atom. The Morgan fingerprint density at radius 3 is 3.11 bits per heavy atom. The van der Waals surface area contributed by atoms with Crippen molar-refractivity contribution in [3.63, 3.8) is 0 Å². The number of fused-ring (bicyclic) bond motifs is 1. The molecule has 3 rings (SSSR count). The first-order valence-corrected chi connectivity index (χ1v) is 6.06. The third kappa shape index (κ3) is 1.91. The van der Waals surface area contributed by atoms with Crippen molar-refractivity contribution in [3.05, 3.63) is 35.3 Å². The number of anilines is 2. The maximum Gasteiger partial charge on any atom is 0.257 e. The van der Waals surface area contributed by atoms with E-state index in [1.807, 2.05) is 0 Å². The van der Waals surface area contributed by atoms with Gasteiger partial charge in [-0.25, -0.2) is 9.97 Å². The molecule has 2 aromatic heterocycles. The number of H-pyrrole nitrogens is 1. The molecule has 4 N–H and O–H groups in total. The number of thiazole rings is 1. The number of nitrogens with one attached hydrogen (secondary N) is 2. The van der Waals surface area contributed by atoms with E-state index in [2.05, 4.69) is 20.3 Å². The molecule has 0 bridgehead atoms. The average molecular weight is 259 g/mol. The normalized spacial score (nSPS) is 10.7. The second kappa shape index (κ2) is 4.11. The maximum atomic E-state index is 12.0. The summed E-state index contributed by atoms with van der Waals surface area (Å²) in [7, 11) is 0. The van der Waals surface area contributed by atoms with Crippen molar-refractivity contribution in [2.24, 2.45) is 0 Å². The highest BCUT2D eigenvalue weighted by Gasteiger charge is 2.09. The van der Waals surface area contributed by atoms with Crippen LogP contribution < -0.4 is 11.1 Å². The van der Waals surface area contributed by atoms with Gasteiger partial charge in [0, 0.05) is 17.1 Å². The first-order chi connectivity index (χ1) is 8.72. The Hall–Kier alpha value is -2.41. The Morgan fingerprint density at radius 2 is 2.33 bits per heavy atom. The van der Waals surface area contributed by atoms with Gasteiger partial charge in [0.1, 0.15) is 0 Å². The number of aromatic nitrogens is 3. The van der Waals surface area contributed by atoms with Gasteiger partial charge in [0.15, 0.2) is 11.1 Å². The van der Waals surface area contributed by atoms with Crippen LogP contribution in [-0.2, 0) is 0 Å². The number of aromatic amines is 1. The number of carbonyl (C=O) groups is 1. The Kier molecular flexibility index (Phi) is 2.45. The molecule has 0 saturated heterocycles. The molecule has 0 spiro atoms. The molecule has 90 valence electrons. The average Bonchev–Trinajstić information content (AvgIpc) is 2.95. The lowest BCUT2D eigenvalue weighted by atomic mass is 10.2. The Balaban J connectivity index is 1.91. The molecule has 0 aliphatic heterocycles. The minimum Gasteiger partial charge on any atom is -0.369 e. The van der Waals surface area contributed by atoms with E-state index in [4.69, 9.17) is 5.73 Å². The zero-order valence-electron chi connectivity index (χ0n) is 9.18. The zero-order chi connectivity index (χ0) is 12.5. The highest BCUT2D eigenvalue weighted by molar-refractivity contribution is 7.13. The molecule has 0 unspecified atom stereocenters. The van der Waals surface area contributed by atoms with Crippen LogP contribution in [0.3, 0.4) is 0 Å². The first-order valence-electron chi connectivity index (χ1n) is 5.18. The van der Waals surface area contributed by atoms with Crippen molar-refractivity contribution in [1.82, 2.24) is 15.0 Å². The van der Waals surface area contributed by atoms with Gasteiger partial charge in [-0.05, 0) is 18.2 Å². The van der Waals surface area contributed by atoms with Crippen molar-refractivity contribution < 1.29 is 4.79 Å². The second-order valence-electron chi connectivity index (χ2n) is 3.65. The monoisotopic (exact) mass is 259 g/mol. The molecule has 6 nitrogen and oxygen atoms in total. The number of benzene rings is 1. The number of amides is 1. The number of nitrogens with two attached hydrogens (primary N) is 1. The predicted molar refractivity (Wildman–Crippen MR) is 70.6 cm³/mol. The molecule has 1 aromatic carbocycles. The van der Waals surface area contributed by atoms with Gasteiger partial charge in [-0.2, -0.15) is 0 Å². The number of hydrogen-bond donors (Lipinski definition) is 3. The van der Waals surface area contributed by atoms with Gasteiger partial charge in [-0.15, -0.1) is 11.3 Å².